The van der Waals surface area contributed by atoms with Crippen LogP contribution in [0.25, 0.3) is 9.88 Å². The van der Waals surface area contributed by atoms with Crippen LogP contribution in [0, 0.1) is 12.3 Å². The largest absolute Gasteiger partial charge is 0.481 e. The van der Waals surface area contributed by atoms with E-state index in [9.17, 15) is 14.7 Å². The molecule has 3 rings (SSSR count). The van der Waals surface area contributed by atoms with E-state index in [1.807, 2.05) is 24.4 Å². The molecule has 0 radical (unpaired) electrons. The van der Waals surface area contributed by atoms with Crippen molar-refractivity contribution in [3.8, 4) is 9.88 Å². The Morgan fingerprint density at radius 1 is 1.33 bits per heavy atom. The summed E-state index contributed by atoms with van der Waals surface area (Å²) < 4.78 is 0. The van der Waals surface area contributed by atoms with Crippen molar-refractivity contribution in [3.63, 3.8) is 0 Å². The predicted molar refractivity (Wildman–Crippen MR) is 95.7 cm³/mol. The van der Waals surface area contributed by atoms with Gasteiger partial charge in [0.15, 0.2) is 0 Å². The fourth-order valence-electron chi connectivity index (χ4n) is 3.14. The molecule has 1 amide bonds. The van der Waals surface area contributed by atoms with E-state index < -0.39 is 11.4 Å². The fraction of sp³-hybridized carbons (Fsp3) is 0.471. The molecule has 0 saturated heterocycles. The van der Waals surface area contributed by atoms with Gasteiger partial charge in [-0.3, -0.25) is 9.59 Å². The van der Waals surface area contributed by atoms with Crippen molar-refractivity contribution in [2.24, 2.45) is 5.41 Å². The smallest absolute Gasteiger partial charge is 0.311 e. The second-order valence-electron chi connectivity index (χ2n) is 6.24. The normalized spacial score (nSPS) is 16.7. The molecule has 2 N–H and O–H groups in total. The predicted octanol–water partition coefficient (Wildman–Crippen LogP) is 3.94. The van der Waals surface area contributed by atoms with Gasteiger partial charge in [-0.25, -0.2) is 4.98 Å². The van der Waals surface area contributed by atoms with Crippen LogP contribution >= 0.6 is 22.7 Å². The van der Waals surface area contributed by atoms with Crippen LogP contribution in [0.5, 0.6) is 0 Å². The molecule has 0 spiro atoms. The van der Waals surface area contributed by atoms with Crippen molar-refractivity contribution < 1.29 is 14.7 Å². The first kappa shape index (κ1) is 17.1. The molecule has 1 fully saturated rings. The number of nitrogens with one attached hydrogen (secondary N) is 1. The number of carboxylic acids is 1. The zero-order chi connectivity index (χ0) is 17.2. The van der Waals surface area contributed by atoms with Crippen LogP contribution < -0.4 is 5.32 Å². The molecule has 2 aromatic rings. The third kappa shape index (κ3) is 3.37. The average molecular weight is 364 g/mol. The molecule has 0 aromatic carbocycles. The Kier molecular flexibility index (Phi) is 5.01. The fourth-order valence-corrected chi connectivity index (χ4v) is 4.92. The Labute approximate surface area is 148 Å². The summed E-state index contributed by atoms with van der Waals surface area (Å²) >= 11 is 2.95. The van der Waals surface area contributed by atoms with Gasteiger partial charge in [-0.15, -0.1) is 22.7 Å². The number of aryl methyl sites for hydroxylation is 1. The van der Waals surface area contributed by atoms with E-state index in [4.69, 9.17) is 0 Å². The zero-order valence-electron chi connectivity index (χ0n) is 13.5. The van der Waals surface area contributed by atoms with E-state index >= 15 is 0 Å². The molecule has 1 saturated carbocycles. The maximum Gasteiger partial charge on any atom is 0.311 e. The van der Waals surface area contributed by atoms with Gasteiger partial charge in [0.2, 0.25) is 0 Å². The monoisotopic (exact) mass is 364 g/mol. The van der Waals surface area contributed by atoms with Crippen LogP contribution in [0.3, 0.4) is 0 Å². The number of hydrogen-bond donors (Lipinski definition) is 2. The van der Waals surface area contributed by atoms with Crippen LogP contribution in [0.1, 0.15) is 47.5 Å². The molecule has 1 aliphatic rings. The first-order chi connectivity index (χ1) is 11.5. The van der Waals surface area contributed by atoms with E-state index in [0.717, 1.165) is 29.1 Å². The zero-order valence-corrected chi connectivity index (χ0v) is 15.1. The van der Waals surface area contributed by atoms with Crippen LogP contribution in [-0.4, -0.2) is 28.5 Å². The molecule has 5 nitrogen and oxygen atoms in total. The number of carbonyl (C=O) groups excluding carboxylic acids is 1. The van der Waals surface area contributed by atoms with Crippen molar-refractivity contribution in [2.75, 3.05) is 6.54 Å². The highest BCUT2D eigenvalue weighted by Gasteiger charge is 2.40. The van der Waals surface area contributed by atoms with Gasteiger partial charge in [0.1, 0.15) is 9.88 Å². The van der Waals surface area contributed by atoms with Gasteiger partial charge in [0, 0.05) is 6.54 Å². The molecular weight excluding hydrogens is 344 g/mol. The maximum atomic E-state index is 12.5. The molecular formula is C17H20N2O3S2. The maximum absolute atomic E-state index is 12.5. The van der Waals surface area contributed by atoms with Gasteiger partial charge < -0.3 is 10.4 Å². The van der Waals surface area contributed by atoms with Crippen LogP contribution in [0.2, 0.25) is 0 Å². The van der Waals surface area contributed by atoms with Crippen molar-refractivity contribution in [3.05, 3.63) is 28.1 Å². The lowest BCUT2D eigenvalue weighted by Crippen LogP contribution is -2.44. The average Bonchev–Trinajstić information content (AvgIpc) is 3.22. The Morgan fingerprint density at radius 3 is 2.71 bits per heavy atom. The number of aromatic nitrogens is 1. The molecule has 0 bridgehead atoms. The van der Waals surface area contributed by atoms with Crippen molar-refractivity contribution in [1.82, 2.24) is 10.3 Å². The van der Waals surface area contributed by atoms with E-state index in [-0.39, 0.29) is 12.5 Å². The van der Waals surface area contributed by atoms with E-state index in [2.05, 4.69) is 10.3 Å². The minimum atomic E-state index is -0.816. The first-order valence-corrected chi connectivity index (χ1v) is 9.74. The van der Waals surface area contributed by atoms with E-state index in [0.29, 0.717) is 23.4 Å². The summed E-state index contributed by atoms with van der Waals surface area (Å²) in [4.78, 5) is 30.3. The lowest BCUT2D eigenvalue weighted by atomic mass is 9.74. The van der Waals surface area contributed by atoms with Crippen LogP contribution in [0.15, 0.2) is 17.5 Å². The van der Waals surface area contributed by atoms with E-state index in [1.165, 1.54) is 11.3 Å². The van der Waals surface area contributed by atoms with Gasteiger partial charge in [0.05, 0.1) is 16.0 Å². The standard InChI is InChI=1S/C17H20N2O3S2/c1-11-13(24-15(19-11)12-6-5-9-23-12)14(20)18-10-17(16(21)22)7-3-2-4-8-17/h5-6,9H,2-4,7-8,10H2,1H3,(H,18,20)(H,21,22). The number of hydrogen-bond acceptors (Lipinski definition) is 5. The van der Waals surface area contributed by atoms with E-state index in [1.54, 1.807) is 11.3 Å². The van der Waals surface area contributed by atoms with Crippen molar-refractivity contribution in [2.45, 2.75) is 39.0 Å². The summed E-state index contributed by atoms with van der Waals surface area (Å²) in [7, 11) is 0. The Hall–Kier alpha value is -1.73. The molecule has 0 atom stereocenters. The lowest BCUT2D eigenvalue weighted by molar-refractivity contribution is -0.150. The van der Waals surface area contributed by atoms with Crippen LogP contribution in [0.4, 0.5) is 0 Å². The topological polar surface area (TPSA) is 79.3 Å². The lowest BCUT2D eigenvalue weighted by Gasteiger charge is -2.33. The molecule has 0 aliphatic heterocycles. The highest BCUT2D eigenvalue weighted by molar-refractivity contribution is 7.22. The highest BCUT2D eigenvalue weighted by Crippen LogP contribution is 2.36. The Bertz CT molecular complexity index is 731. The third-order valence-corrected chi connectivity index (χ3v) is 6.78. The summed E-state index contributed by atoms with van der Waals surface area (Å²) in [5, 5.41) is 15.3. The van der Waals surface area contributed by atoms with Gasteiger partial charge >= 0.3 is 5.97 Å². The Morgan fingerprint density at radius 2 is 2.08 bits per heavy atom. The SMILES string of the molecule is Cc1nc(-c2cccs2)sc1C(=O)NCC1(C(=O)O)CCCCC1. The third-order valence-electron chi connectivity index (χ3n) is 4.59. The quantitative estimate of drug-likeness (QED) is 0.842. The summed E-state index contributed by atoms with van der Waals surface area (Å²) in [6, 6.07) is 3.93. The Balaban J connectivity index is 1.72. The van der Waals surface area contributed by atoms with Crippen LogP contribution in [-0.2, 0) is 4.79 Å². The number of thiazole rings is 1. The number of nitrogens with zero attached hydrogens (tertiary/aromatic N) is 1. The second-order valence-corrected chi connectivity index (χ2v) is 8.19. The van der Waals surface area contributed by atoms with Gasteiger partial charge in [-0.2, -0.15) is 0 Å². The number of carbonyl (C=O) groups is 2. The summed E-state index contributed by atoms with van der Waals surface area (Å²) in [6.45, 7) is 2.00. The van der Waals surface area contributed by atoms with Gasteiger partial charge in [0.25, 0.3) is 5.91 Å². The molecule has 128 valence electrons. The first-order valence-electron chi connectivity index (χ1n) is 8.05. The number of thiophene rings is 1. The van der Waals surface area contributed by atoms with Gasteiger partial charge in [-0.1, -0.05) is 25.3 Å². The summed E-state index contributed by atoms with van der Waals surface area (Å²) in [5.41, 5.74) is -0.128. The van der Waals surface area contributed by atoms with Gasteiger partial charge in [-0.05, 0) is 31.2 Å². The summed E-state index contributed by atoms with van der Waals surface area (Å²) in [5.74, 6) is -1.03. The second kappa shape index (κ2) is 7.03. The number of rotatable bonds is 5. The minimum Gasteiger partial charge on any atom is -0.481 e. The van der Waals surface area contributed by atoms with Crippen molar-refractivity contribution >= 4 is 34.6 Å². The number of aliphatic carboxylic acids is 1. The summed E-state index contributed by atoms with van der Waals surface area (Å²) in [6.07, 6.45) is 4.14. The molecule has 0 unspecified atom stereocenters. The molecule has 24 heavy (non-hydrogen) atoms. The highest BCUT2D eigenvalue weighted by atomic mass is 32.1. The molecule has 2 heterocycles. The minimum absolute atomic E-state index is 0.187. The number of amides is 1. The molecule has 7 heteroatoms. The molecule has 2 aromatic heterocycles. The van der Waals surface area contributed by atoms with Crippen molar-refractivity contribution in [1.29, 1.82) is 0 Å². The molecule has 1 aliphatic carbocycles. The number of carboxylic acid groups (broad SMARTS) is 1.